The molecule has 0 aliphatic carbocycles. The number of anilines is 1. The Labute approximate surface area is 158 Å². The molecule has 1 amide bonds. The maximum absolute atomic E-state index is 13.0. The summed E-state index contributed by atoms with van der Waals surface area (Å²) < 4.78 is 14.5. The second-order valence-electron chi connectivity index (χ2n) is 5.81. The van der Waals surface area contributed by atoms with Gasteiger partial charge in [-0.25, -0.2) is 4.39 Å². The van der Waals surface area contributed by atoms with E-state index in [1.54, 1.807) is 12.1 Å². The quantitative estimate of drug-likeness (QED) is 0.524. The van der Waals surface area contributed by atoms with E-state index in [0.717, 1.165) is 5.56 Å². The summed E-state index contributed by atoms with van der Waals surface area (Å²) in [6.45, 7) is 1.84. The van der Waals surface area contributed by atoms with E-state index in [4.69, 9.17) is 11.6 Å². The first-order chi connectivity index (χ1) is 12.8. The molecule has 0 unspecified atom stereocenters. The maximum Gasteiger partial charge on any atom is 0.273 e. The normalized spacial score (nSPS) is 10.6. The Morgan fingerprint density at radius 3 is 2.67 bits per heavy atom. The topological polar surface area (TPSA) is 90.1 Å². The van der Waals surface area contributed by atoms with Crippen LogP contribution in [0.2, 0.25) is 5.02 Å². The Morgan fingerprint density at radius 1 is 1.30 bits per heavy atom. The number of amides is 1. The van der Waals surface area contributed by atoms with Crippen LogP contribution in [0.3, 0.4) is 0 Å². The number of nitro groups is 1. The van der Waals surface area contributed by atoms with Gasteiger partial charge in [-0.2, -0.15) is 5.10 Å². The number of hydrogen-bond acceptors (Lipinski definition) is 4. The van der Waals surface area contributed by atoms with Crippen molar-refractivity contribution in [1.29, 1.82) is 0 Å². The highest BCUT2D eigenvalue weighted by atomic mass is 35.5. The number of carbonyl (C=O) groups is 1. The summed E-state index contributed by atoms with van der Waals surface area (Å²) >= 11 is 6.12. The number of benzene rings is 2. The summed E-state index contributed by atoms with van der Waals surface area (Å²) in [7, 11) is 0. The molecule has 138 valence electrons. The molecule has 0 bridgehead atoms. The second-order valence-corrected chi connectivity index (χ2v) is 6.22. The molecular weight excluding hydrogens is 375 g/mol. The van der Waals surface area contributed by atoms with E-state index in [9.17, 15) is 19.3 Å². The third-order valence-electron chi connectivity index (χ3n) is 3.95. The van der Waals surface area contributed by atoms with Crippen LogP contribution in [0.15, 0.2) is 48.7 Å². The minimum absolute atomic E-state index is 0.134. The molecule has 1 N–H and O–H groups in total. The number of nitrogens with one attached hydrogen (secondary N) is 1. The molecular formula is C18H14ClFN4O3. The van der Waals surface area contributed by atoms with Crippen LogP contribution in [0.4, 0.5) is 15.9 Å². The van der Waals surface area contributed by atoms with Gasteiger partial charge in [0.2, 0.25) is 0 Å². The van der Waals surface area contributed by atoms with Gasteiger partial charge in [-0.3, -0.25) is 19.6 Å². The van der Waals surface area contributed by atoms with Crippen molar-refractivity contribution in [2.75, 3.05) is 5.32 Å². The van der Waals surface area contributed by atoms with Gasteiger partial charge in [0.25, 0.3) is 11.6 Å². The van der Waals surface area contributed by atoms with Crippen molar-refractivity contribution in [2.24, 2.45) is 0 Å². The summed E-state index contributed by atoms with van der Waals surface area (Å²) in [5.74, 6) is -0.752. The predicted octanol–water partition coefficient (Wildman–Crippen LogP) is 4.19. The van der Waals surface area contributed by atoms with E-state index in [1.807, 2.05) is 0 Å². The van der Waals surface area contributed by atoms with Crippen molar-refractivity contribution in [3.63, 3.8) is 0 Å². The molecule has 3 aromatic rings. The van der Waals surface area contributed by atoms with Crippen molar-refractivity contribution in [2.45, 2.75) is 13.5 Å². The highest BCUT2D eigenvalue weighted by Crippen LogP contribution is 2.24. The summed E-state index contributed by atoms with van der Waals surface area (Å²) in [6.07, 6.45) is 1.53. The molecule has 0 fully saturated rings. The number of rotatable bonds is 5. The van der Waals surface area contributed by atoms with Gasteiger partial charge >= 0.3 is 0 Å². The van der Waals surface area contributed by atoms with E-state index >= 15 is 0 Å². The third-order valence-corrected chi connectivity index (χ3v) is 4.23. The van der Waals surface area contributed by atoms with Crippen molar-refractivity contribution in [3.8, 4) is 0 Å². The summed E-state index contributed by atoms with van der Waals surface area (Å²) in [6, 6.07) is 10.2. The van der Waals surface area contributed by atoms with Gasteiger partial charge in [-0.05, 0) is 30.7 Å². The maximum atomic E-state index is 13.0. The van der Waals surface area contributed by atoms with Crippen LogP contribution >= 0.6 is 11.6 Å². The molecule has 3 rings (SSSR count). The van der Waals surface area contributed by atoms with Crippen LogP contribution in [-0.2, 0) is 6.54 Å². The largest absolute Gasteiger partial charge is 0.304 e. The Hall–Kier alpha value is -3.26. The van der Waals surface area contributed by atoms with Crippen molar-refractivity contribution in [1.82, 2.24) is 9.78 Å². The van der Waals surface area contributed by atoms with E-state index in [-0.39, 0.29) is 33.5 Å². The Balaban J connectivity index is 1.79. The molecule has 1 heterocycles. The smallest absolute Gasteiger partial charge is 0.273 e. The molecule has 0 saturated carbocycles. The zero-order chi connectivity index (χ0) is 19.6. The van der Waals surface area contributed by atoms with Gasteiger partial charge in [0.05, 0.1) is 11.5 Å². The fourth-order valence-corrected chi connectivity index (χ4v) is 2.78. The van der Waals surface area contributed by atoms with Crippen molar-refractivity contribution in [3.05, 3.63) is 86.3 Å². The lowest BCUT2D eigenvalue weighted by atomic mass is 10.1. The van der Waals surface area contributed by atoms with Gasteiger partial charge in [0, 0.05) is 23.4 Å². The molecule has 27 heavy (non-hydrogen) atoms. The van der Waals surface area contributed by atoms with Crippen molar-refractivity contribution >= 4 is 29.0 Å². The number of halogens is 2. The third kappa shape index (κ3) is 4.12. The lowest BCUT2D eigenvalue weighted by Gasteiger charge is -2.06. The first-order valence-electron chi connectivity index (χ1n) is 7.88. The van der Waals surface area contributed by atoms with Gasteiger partial charge in [-0.15, -0.1) is 0 Å². The fourth-order valence-electron chi connectivity index (χ4n) is 2.58. The summed E-state index contributed by atoms with van der Waals surface area (Å²) in [4.78, 5) is 23.0. The van der Waals surface area contributed by atoms with Gasteiger partial charge in [0.1, 0.15) is 10.8 Å². The number of hydrogen-bond donors (Lipinski definition) is 1. The first-order valence-corrected chi connectivity index (χ1v) is 8.25. The van der Waals surface area contributed by atoms with E-state index in [2.05, 4.69) is 10.4 Å². The molecule has 2 aromatic carbocycles. The van der Waals surface area contributed by atoms with Crippen LogP contribution in [0, 0.1) is 22.9 Å². The number of aromatic nitrogens is 2. The Bertz CT molecular complexity index is 1020. The van der Waals surface area contributed by atoms with Gasteiger partial charge in [-0.1, -0.05) is 29.8 Å². The number of nitro benzene ring substituents is 1. The van der Waals surface area contributed by atoms with Gasteiger partial charge < -0.3 is 5.32 Å². The minimum Gasteiger partial charge on any atom is -0.304 e. The molecule has 0 atom stereocenters. The molecule has 7 nitrogen and oxygen atoms in total. The molecule has 0 aliphatic heterocycles. The summed E-state index contributed by atoms with van der Waals surface area (Å²) in [5.41, 5.74) is 1.08. The van der Waals surface area contributed by atoms with E-state index in [1.165, 1.54) is 48.1 Å². The lowest BCUT2D eigenvalue weighted by Crippen LogP contribution is -2.15. The highest BCUT2D eigenvalue weighted by molar-refractivity contribution is 6.33. The monoisotopic (exact) mass is 388 g/mol. The number of carbonyl (C=O) groups excluding carboxylic acids is 1. The average molecular weight is 389 g/mol. The first kappa shape index (κ1) is 18.5. The number of nitrogens with zero attached hydrogens (tertiary/aromatic N) is 3. The van der Waals surface area contributed by atoms with E-state index in [0.29, 0.717) is 6.54 Å². The van der Waals surface area contributed by atoms with Crippen molar-refractivity contribution < 1.29 is 14.1 Å². The SMILES string of the molecule is Cc1c(C(=O)Nc2nn(Cc3ccc(F)cc3)cc2Cl)cccc1[N+](=O)[O-]. The molecule has 0 radical (unpaired) electrons. The van der Waals surface area contributed by atoms with Crippen LogP contribution in [0.5, 0.6) is 0 Å². The van der Waals surface area contributed by atoms with Crippen LogP contribution < -0.4 is 5.32 Å². The minimum atomic E-state index is -0.551. The highest BCUT2D eigenvalue weighted by Gasteiger charge is 2.19. The standard InChI is InChI=1S/C18H14ClFN4O3/c1-11-14(3-2-4-16(11)24(26)27)18(25)21-17-15(19)10-23(22-17)9-12-5-7-13(20)8-6-12/h2-8,10H,9H2,1H3,(H,21,22,25). The zero-order valence-corrected chi connectivity index (χ0v) is 14.9. The second kappa shape index (κ2) is 7.55. The molecule has 9 heteroatoms. The van der Waals surface area contributed by atoms with E-state index < -0.39 is 10.8 Å². The van der Waals surface area contributed by atoms with Crippen LogP contribution in [-0.4, -0.2) is 20.6 Å². The molecule has 0 spiro atoms. The average Bonchev–Trinajstić information content (AvgIpc) is 2.96. The Morgan fingerprint density at radius 2 is 2.00 bits per heavy atom. The predicted molar refractivity (Wildman–Crippen MR) is 98.5 cm³/mol. The van der Waals surface area contributed by atoms with Gasteiger partial charge in [0.15, 0.2) is 5.82 Å². The fraction of sp³-hybridized carbons (Fsp3) is 0.111. The molecule has 1 aromatic heterocycles. The lowest BCUT2D eigenvalue weighted by molar-refractivity contribution is -0.385. The van der Waals surface area contributed by atoms with Crippen LogP contribution in [0.1, 0.15) is 21.5 Å². The van der Waals surface area contributed by atoms with Crippen LogP contribution in [0.25, 0.3) is 0 Å². The molecule has 0 saturated heterocycles. The summed E-state index contributed by atoms with van der Waals surface area (Å²) in [5, 5.41) is 18.0. The Kier molecular flexibility index (Phi) is 5.18. The zero-order valence-electron chi connectivity index (χ0n) is 14.1. The molecule has 0 aliphatic rings.